The molecule has 3 aromatic rings. The van der Waals surface area contributed by atoms with E-state index in [0.717, 1.165) is 26.4 Å². The molecule has 0 aliphatic heterocycles. The Balaban J connectivity index is 2.17. The van der Waals surface area contributed by atoms with Crippen LogP contribution in [0.15, 0.2) is 72.8 Å². The minimum absolute atomic E-state index is 0.0626. The predicted molar refractivity (Wildman–Crippen MR) is 145 cm³/mol. The van der Waals surface area contributed by atoms with Crippen LogP contribution >= 0.6 is 0 Å². The zero-order valence-corrected chi connectivity index (χ0v) is 22.3. The quantitative estimate of drug-likeness (QED) is 0.275. The smallest absolute Gasteiger partial charge is 0.331 e. The molecule has 0 aromatic heterocycles. The summed E-state index contributed by atoms with van der Waals surface area (Å²) < 4.78 is 10.5. The molecule has 0 radical (unpaired) electrons. The standard InChI is InChI=1S/C28H26N4O10/c1-41-19-13-18(24(34)32(28(30)40)22(26(37)38)16-11-7-4-8-12-16)20(42-2)14-17(19)23(33)31(27(29)39)21(25(35)36)15-9-5-3-6-10-15/h3-14,21-22H,1-2H3,(H2,29,39)(H2,30,40)(H,35,36)(H,37,38). The molecule has 0 fully saturated rings. The second kappa shape index (κ2) is 13.0. The summed E-state index contributed by atoms with van der Waals surface area (Å²) in [5, 5.41) is 19.8. The highest BCUT2D eigenvalue weighted by molar-refractivity contribution is 6.11. The number of carbonyl (C=O) groups excluding carboxylic acids is 4. The molecule has 218 valence electrons. The highest BCUT2D eigenvalue weighted by Crippen LogP contribution is 2.34. The maximum absolute atomic E-state index is 13.6. The van der Waals surface area contributed by atoms with Gasteiger partial charge in [-0.1, -0.05) is 60.7 Å². The first kappa shape index (κ1) is 30.6. The van der Waals surface area contributed by atoms with Crippen molar-refractivity contribution < 1.29 is 48.5 Å². The van der Waals surface area contributed by atoms with Crippen molar-refractivity contribution in [1.29, 1.82) is 0 Å². The number of aliphatic carboxylic acids is 2. The van der Waals surface area contributed by atoms with Gasteiger partial charge in [0.25, 0.3) is 11.8 Å². The Morgan fingerprint density at radius 3 is 1.17 bits per heavy atom. The summed E-state index contributed by atoms with van der Waals surface area (Å²) in [6, 6.07) is 10.2. The zero-order valence-electron chi connectivity index (χ0n) is 22.3. The Morgan fingerprint density at radius 1 is 0.619 bits per heavy atom. The number of methoxy groups -OCH3 is 2. The molecule has 0 saturated heterocycles. The number of primary amides is 2. The van der Waals surface area contributed by atoms with Crippen LogP contribution in [0.5, 0.6) is 11.5 Å². The van der Waals surface area contributed by atoms with Crippen LogP contribution in [-0.2, 0) is 9.59 Å². The Morgan fingerprint density at radius 2 is 0.929 bits per heavy atom. The minimum Gasteiger partial charge on any atom is -0.496 e. The summed E-state index contributed by atoms with van der Waals surface area (Å²) in [6.45, 7) is 0. The number of benzene rings is 3. The summed E-state index contributed by atoms with van der Waals surface area (Å²) in [5.41, 5.74) is 10.1. The molecule has 0 aliphatic carbocycles. The number of ether oxygens (including phenoxy) is 2. The predicted octanol–water partition coefficient (Wildman–Crippen LogP) is 2.40. The third-order valence-electron chi connectivity index (χ3n) is 6.11. The van der Waals surface area contributed by atoms with Crippen LogP contribution in [0.1, 0.15) is 43.9 Å². The van der Waals surface area contributed by atoms with E-state index in [1.54, 1.807) is 12.1 Å². The van der Waals surface area contributed by atoms with E-state index in [4.69, 9.17) is 20.9 Å². The summed E-state index contributed by atoms with van der Waals surface area (Å²) >= 11 is 0. The van der Waals surface area contributed by atoms with E-state index in [0.29, 0.717) is 9.80 Å². The molecule has 0 heterocycles. The molecule has 6 N–H and O–H groups in total. The zero-order chi connectivity index (χ0) is 31.1. The van der Waals surface area contributed by atoms with Gasteiger partial charge in [-0.25, -0.2) is 29.0 Å². The van der Waals surface area contributed by atoms with Gasteiger partial charge in [0.2, 0.25) is 0 Å². The SMILES string of the molecule is COc1cc(C(=O)N(C(N)=O)C(C(=O)O)c2ccccc2)c(OC)cc1C(=O)N(C(N)=O)C(C(=O)O)c1ccccc1. The van der Waals surface area contributed by atoms with Gasteiger partial charge >= 0.3 is 24.0 Å². The van der Waals surface area contributed by atoms with Crippen LogP contribution in [0.4, 0.5) is 9.59 Å². The molecule has 14 heteroatoms. The van der Waals surface area contributed by atoms with Gasteiger partial charge in [-0.3, -0.25) is 9.59 Å². The van der Waals surface area contributed by atoms with Gasteiger partial charge in [0.1, 0.15) is 11.5 Å². The van der Waals surface area contributed by atoms with Gasteiger partial charge in [0, 0.05) is 0 Å². The number of hydrogen-bond donors (Lipinski definition) is 4. The highest BCUT2D eigenvalue weighted by atomic mass is 16.5. The van der Waals surface area contributed by atoms with Crippen molar-refractivity contribution in [3.05, 3.63) is 95.1 Å². The van der Waals surface area contributed by atoms with Crippen LogP contribution in [0.2, 0.25) is 0 Å². The Kier molecular flexibility index (Phi) is 9.44. The van der Waals surface area contributed by atoms with Crippen molar-refractivity contribution in [2.75, 3.05) is 14.2 Å². The third kappa shape index (κ3) is 6.12. The first-order valence-corrected chi connectivity index (χ1v) is 12.0. The second-order valence-electron chi connectivity index (χ2n) is 8.58. The Bertz CT molecular complexity index is 1410. The summed E-state index contributed by atoms with van der Waals surface area (Å²) in [5.74, 6) is -6.28. The van der Waals surface area contributed by atoms with Crippen molar-refractivity contribution in [2.24, 2.45) is 11.5 Å². The van der Waals surface area contributed by atoms with E-state index in [2.05, 4.69) is 0 Å². The van der Waals surface area contributed by atoms with Crippen molar-refractivity contribution in [1.82, 2.24) is 9.80 Å². The van der Waals surface area contributed by atoms with Crippen molar-refractivity contribution in [2.45, 2.75) is 12.1 Å². The van der Waals surface area contributed by atoms with Crippen LogP contribution in [0.3, 0.4) is 0 Å². The van der Waals surface area contributed by atoms with E-state index >= 15 is 0 Å². The maximum Gasteiger partial charge on any atom is 0.331 e. The molecular weight excluding hydrogens is 552 g/mol. The highest BCUT2D eigenvalue weighted by Gasteiger charge is 2.40. The van der Waals surface area contributed by atoms with Crippen LogP contribution in [0, 0.1) is 0 Å². The summed E-state index contributed by atoms with van der Waals surface area (Å²) in [4.78, 5) is 77.1. The Labute approximate surface area is 238 Å². The number of nitrogens with zero attached hydrogens (tertiary/aromatic N) is 2. The van der Waals surface area contributed by atoms with Crippen molar-refractivity contribution in [3.8, 4) is 11.5 Å². The van der Waals surface area contributed by atoms with E-state index in [9.17, 15) is 39.0 Å². The lowest BCUT2D eigenvalue weighted by molar-refractivity contribution is -0.142. The van der Waals surface area contributed by atoms with Gasteiger partial charge in [-0.05, 0) is 23.3 Å². The monoisotopic (exact) mass is 578 g/mol. The fourth-order valence-corrected chi connectivity index (χ4v) is 4.26. The number of hydrogen-bond acceptors (Lipinski definition) is 8. The fourth-order valence-electron chi connectivity index (χ4n) is 4.26. The van der Waals surface area contributed by atoms with Gasteiger partial charge in [0.05, 0.1) is 25.3 Å². The second-order valence-corrected chi connectivity index (χ2v) is 8.58. The minimum atomic E-state index is -1.83. The molecule has 0 aliphatic rings. The average Bonchev–Trinajstić information content (AvgIpc) is 2.97. The molecule has 2 atom stereocenters. The fraction of sp³-hybridized carbons (Fsp3) is 0.143. The van der Waals surface area contributed by atoms with E-state index in [-0.39, 0.29) is 22.6 Å². The number of imide groups is 2. The molecule has 42 heavy (non-hydrogen) atoms. The average molecular weight is 579 g/mol. The molecule has 3 rings (SSSR count). The lowest BCUT2D eigenvalue weighted by Gasteiger charge is -2.28. The molecule has 3 aromatic carbocycles. The lowest BCUT2D eigenvalue weighted by Crippen LogP contribution is -2.46. The number of carboxylic acids is 2. The number of carbonyl (C=O) groups is 6. The largest absolute Gasteiger partial charge is 0.496 e. The van der Waals surface area contributed by atoms with E-state index in [1.807, 2.05) is 0 Å². The molecule has 0 spiro atoms. The van der Waals surface area contributed by atoms with Crippen molar-refractivity contribution >= 4 is 35.8 Å². The van der Waals surface area contributed by atoms with Crippen LogP contribution in [-0.4, -0.2) is 70.0 Å². The molecule has 0 saturated carbocycles. The first-order chi connectivity index (χ1) is 19.9. The van der Waals surface area contributed by atoms with Gasteiger partial charge in [-0.2, -0.15) is 0 Å². The topological polar surface area (TPSA) is 220 Å². The van der Waals surface area contributed by atoms with Crippen LogP contribution < -0.4 is 20.9 Å². The lowest BCUT2D eigenvalue weighted by atomic mass is 10.0. The normalized spacial score (nSPS) is 11.9. The molecule has 2 unspecified atom stereocenters. The number of amides is 6. The summed E-state index contributed by atoms with van der Waals surface area (Å²) in [6.07, 6.45) is 0. The number of urea groups is 2. The van der Waals surface area contributed by atoms with Crippen molar-refractivity contribution in [3.63, 3.8) is 0 Å². The van der Waals surface area contributed by atoms with Gasteiger partial charge in [-0.15, -0.1) is 0 Å². The van der Waals surface area contributed by atoms with Crippen LogP contribution in [0.25, 0.3) is 0 Å². The number of carboxylic acid groups (broad SMARTS) is 2. The third-order valence-corrected chi connectivity index (χ3v) is 6.11. The Hall–Kier alpha value is -5.92. The van der Waals surface area contributed by atoms with Gasteiger partial charge in [0.15, 0.2) is 12.1 Å². The molecule has 6 amide bonds. The molecule has 0 bridgehead atoms. The number of rotatable bonds is 10. The molecule has 14 nitrogen and oxygen atoms in total. The van der Waals surface area contributed by atoms with Gasteiger partial charge < -0.3 is 31.2 Å². The molecular formula is C28H26N4O10. The van der Waals surface area contributed by atoms with E-state index in [1.165, 1.54) is 48.5 Å². The first-order valence-electron chi connectivity index (χ1n) is 12.0. The number of nitrogens with two attached hydrogens (primary N) is 2. The van der Waals surface area contributed by atoms with E-state index < -0.39 is 59.0 Å². The maximum atomic E-state index is 13.6. The summed E-state index contributed by atoms with van der Waals surface area (Å²) in [7, 11) is 2.23.